The van der Waals surface area contributed by atoms with Crippen LogP contribution in [-0.4, -0.2) is 46.8 Å². The molecule has 1 N–H and O–H groups in total. The van der Waals surface area contributed by atoms with Gasteiger partial charge in [0.25, 0.3) is 0 Å². The van der Waals surface area contributed by atoms with E-state index in [0.29, 0.717) is 6.42 Å². The summed E-state index contributed by atoms with van der Waals surface area (Å²) in [5.74, 6) is -0.753. The summed E-state index contributed by atoms with van der Waals surface area (Å²) in [5.41, 5.74) is 9.45. The predicted octanol–water partition coefficient (Wildman–Crippen LogP) is 1.64. The zero-order valence-corrected chi connectivity index (χ0v) is 12.0. The Morgan fingerprint density at radius 1 is 1.55 bits per heavy atom. The van der Waals surface area contributed by atoms with Crippen molar-refractivity contribution in [3.8, 4) is 0 Å². The lowest BCUT2D eigenvalue weighted by Crippen LogP contribution is -2.48. The second kappa shape index (κ2) is 6.93. The average molecular weight is 304 g/mol. The normalized spacial score (nSPS) is 20.0. The Balaban J connectivity index is 2.20. The van der Waals surface area contributed by atoms with Gasteiger partial charge in [-0.05, 0) is 24.4 Å². The number of azide groups is 1. The number of cyclic esters (lactones) is 1. The van der Waals surface area contributed by atoms with Crippen LogP contribution in [0, 0.1) is 0 Å². The molecule has 0 aromatic heterocycles. The summed E-state index contributed by atoms with van der Waals surface area (Å²) in [6, 6.07) is 7.51. The number of ether oxygens (including phenoxy) is 1. The van der Waals surface area contributed by atoms with Crippen molar-refractivity contribution >= 4 is 12.0 Å². The van der Waals surface area contributed by atoms with Gasteiger partial charge in [-0.1, -0.05) is 35.4 Å². The average Bonchev–Trinajstić information content (AvgIpc) is 2.85. The van der Waals surface area contributed by atoms with E-state index in [-0.39, 0.29) is 6.61 Å². The van der Waals surface area contributed by atoms with Crippen molar-refractivity contribution in [1.82, 2.24) is 4.90 Å². The summed E-state index contributed by atoms with van der Waals surface area (Å²) in [6.45, 7) is 1.40. The molecule has 0 bridgehead atoms. The fraction of sp³-hybridized carbons (Fsp3) is 0.429. The molecule has 8 heteroatoms. The minimum absolute atomic E-state index is 0.0717. The molecular formula is C14H16N4O4. The molecule has 0 spiro atoms. The summed E-state index contributed by atoms with van der Waals surface area (Å²) in [5, 5.41) is 12.8. The number of benzene rings is 1. The van der Waals surface area contributed by atoms with Crippen LogP contribution in [0.15, 0.2) is 35.4 Å². The lowest BCUT2D eigenvalue weighted by molar-refractivity contribution is -0.132. The number of carbonyl (C=O) groups is 2. The summed E-state index contributed by atoms with van der Waals surface area (Å²) >= 11 is 0. The van der Waals surface area contributed by atoms with Crippen molar-refractivity contribution in [2.24, 2.45) is 5.11 Å². The summed E-state index contributed by atoms with van der Waals surface area (Å²) < 4.78 is 4.93. The van der Waals surface area contributed by atoms with Gasteiger partial charge in [0.1, 0.15) is 12.6 Å². The van der Waals surface area contributed by atoms with Crippen LogP contribution < -0.4 is 0 Å². The first kappa shape index (κ1) is 15.8. The number of hydrogen-bond acceptors (Lipinski definition) is 5. The van der Waals surface area contributed by atoms with Crippen molar-refractivity contribution in [3.05, 3.63) is 46.3 Å². The Morgan fingerprint density at radius 3 is 2.82 bits per heavy atom. The van der Waals surface area contributed by atoms with Crippen LogP contribution in [0.1, 0.15) is 12.5 Å². The Hall–Kier alpha value is -2.57. The first-order valence-corrected chi connectivity index (χ1v) is 6.80. The largest absolute Gasteiger partial charge is 0.447 e. The molecule has 1 aliphatic rings. The second-order valence-electron chi connectivity index (χ2n) is 5.02. The maximum atomic E-state index is 12.4. The van der Waals surface area contributed by atoms with Gasteiger partial charge in [0, 0.05) is 4.91 Å². The van der Waals surface area contributed by atoms with Crippen molar-refractivity contribution in [3.63, 3.8) is 0 Å². The number of carbonyl (C=O) groups excluding carboxylic acids is 2. The van der Waals surface area contributed by atoms with E-state index in [9.17, 15) is 14.7 Å². The molecule has 0 unspecified atom stereocenters. The monoisotopic (exact) mass is 304 g/mol. The molecule has 1 heterocycles. The highest BCUT2D eigenvalue weighted by Gasteiger charge is 2.41. The number of aliphatic hydroxyl groups excluding tert-OH is 1. The third-order valence-electron chi connectivity index (χ3n) is 3.40. The topological polar surface area (TPSA) is 116 Å². The molecule has 22 heavy (non-hydrogen) atoms. The van der Waals surface area contributed by atoms with Crippen LogP contribution >= 0.6 is 0 Å². The van der Waals surface area contributed by atoms with Crippen LogP contribution in [0.2, 0.25) is 0 Å². The number of amides is 2. The fourth-order valence-corrected chi connectivity index (χ4v) is 2.32. The highest BCUT2D eigenvalue weighted by molar-refractivity contribution is 5.96. The number of imide groups is 1. The van der Waals surface area contributed by atoms with Crippen molar-refractivity contribution in [2.75, 3.05) is 6.61 Å². The van der Waals surface area contributed by atoms with Gasteiger partial charge in [0.2, 0.25) is 5.91 Å². The van der Waals surface area contributed by atoms with Gasteiger partial charge in [-0.15, -0.1) is 0 Å². The Labute approximate surface area is 126 Å². The molecule has 0 radical (unpaired) electrons. The van der Waals surface area contributed by atoms with Crippen LogP contribution in [0.4, 0.5) is 4.79 Å². The van der Waals surface area contributed by atoms with E-state index in [4.69, 9.17) is 10.3 Å². The third-order valence-corrected chi connectivity index (χ3v) is 3.40. The van der Waals surface area contributed by atoms with Crippen molar-refractivity contribution in [1.29, 1.82) is 0 Å². The van der Waals surface area contributed by atoms with Gasteiger partial charge >= 0.3 is 6.09 Å². The Kier molecular flexibility index (Phi) is 4.98. The standard InChI is InChI=1S/C14H16N4O4/c1-9(19)12(16-17-15)13(20)18-11(8-22-14(18)21)7-10-5-3-2-4-6-10/h2-6,9,11-12,19H,7-8H2,1H3/t9-,11+,12-/m1/s1. The van der Waals surface area contributed by atoms with Crippen molar-refractivity contribution in [2.45, 2.75) is 31.5 Å². The van der Waals surface area contributed by atoms with Gasteiger partial charge in [-0.3, -0.25) is 4.79 Å². The van der Waals surface area contributed by atoms with Gasteiger partial charge in [-0.2, -0.15) is 0 Å². The van der Waals surface area contributed by atoms with E-state index in [1.54, 1.807) is 0 Å². The van der Waals surface area contributed by atoms with E-state index in [2.05, 4.69) is 10.0 Å². The molecule has 8 nitrogen and oxygen atoms in total. The molecule has 0 saturated carbocycles. The first-order chi connectivity index (χ1) is 10.5. The highest BCUT2D eigenvalue weighted by atomic mass is 16.6. The molecule has 3 atom stereocenters. The molecule has 1 aliphatic heterocycles. The molecule has 2 rings (SSSR count). The second-order valence-corrected chi connectivity index (χ2v) is 5.02. The predicted molar refractivity (Wildman–Crippen MR) is 76.7 cm³/mol. The quantitative estimate of drug-likeness (QED) is 0.505. The lowest BCUT2D eigenvalue weighted by Gasteiger charge is -2.23. The zero-order valence-electron chi connectivity index (χ0n) is 12.0. The fourth-order valence-electron chi connectivity index (χ4n) is 2.32. The SMILES string of the molecule is C[C@@H](O)[C@@H](N=[N+]=[N-])C(=O)N1C(=O)OC[C@@H]1Cc1ccccc1. The van der Waals surface area contributed by atoms with Gasteiger partial charge in [0.15, 0.2) is 0 Å². The maximum Gasteiger partial charge on any atom is 0.416 e. The van der Waals surface area contributed by atoms with Gasteiger partial charge < -0.3 is 9.84 Å². The van der Waals surface area contributed by atoms with E-state index in [1.165, 1.54) is 6.92 Å². The maximum absolute atomic E-state index is 12.4. The molecule has 1 saturated heterocycles. The number of nitrogens with zero attached hydrogens (tertiary/aromatic N) is 4. The number of aliphatic hydroxyl groups is 1. The number of rotatable bonds is 5. The highest BCUT2D eigenvalue weighted by Crippen LogP contribution is 2.20. The van der Waals surface area contributed by atoms with Crippen molar-refractivity contribution < 1.29 is 19.4 Å². The smallest absolute Gasteiger partial charge is 0.416 e. The molecule has 116 valence electrons. The lowest BCUT2D eigenvalue weighted by atomic mass is 10.0. The molecular weight excluding hydrogens is 288 g/mol. The zero-order chi connectivity index (χ0) is 16.1. The minimum Gasteiger partial charge on any atom is -0.447 e. The molecule has 1 aromatic carbocycles. The van der Waals surface area contributed by atoms with Crippen LogP contribution in [0.5, 0.6) is 0 Å². The van der Waals surface area contributed by atoms with Gasteiger partial charge in [-0.25, -0.2) is 9.69 Å². The third kappa shape index (κ3) is 3.36. The van der Waals surface area contributed by atoms with Crippen LogP contribution in [0.3, 0.4) is 0 Å². The minimum atomic E-state index is -1.35. The van der Waals surface area contributed by atoms with Gasteiger partial charge in [0.05, 0.1) is 12.1 Å². The molecule has 0 aliphatic carbocycles. The summed E-state index contributed by atoms with van der Waals surface area (Å²) in [7, 11) is 0. The Bertz CT molecular complexity index is 598. The number of hydrogen-bond donors (Lipinski definition) is 1. The summed E-state index contributed by atoms with van der Waals surface area (Å²) in [4.78, 5) is 27.7. The molecule has 2 amide bonds. The first-order valence-electron chi connectivity index (χ1n) is 6.80. The Morgan fingerprint density at radius 2 is 2.23 bits per heavy atom. The van der Waals surface area contributed by atoms with E-state index in [0.717, 1.165) is 10.5 Å². The van der Waals surface area contributed by atoms with E-state index < -0.39 is 30.2 Å². The molecule has 1 fully saturated rings. The summed E-state index contributed by atoms with van der Waals surface area (Å²) in [6.07, 6.45) is -1.56. The van der Waals surface area contributed by atoms with Crippen LogP contribution in [-0.2, 0) is 16.0 Å². The molecule has 1 aromatic rings. The van der Waals surface area contributed by atoms with Crippen LogP contribution in [0.25, 0.3) is 10.4 Å². The van der Waals surface area contributed by atoms with E-state index in [1.807, 2.05) is 30.3 Å². The van der Waals surface area contributed by atoms with E-state index >= 15 is 0 Å².